The summed E-state index contributed by atoms with van der Waals surface area (Å²) in [7, 11) is 0. The number of hydrogen-bond acceptors (Lipinski definition) is 0. The molecule has 0 fully saturated rings. The van der Waals surface area contributed by atoms with Crippen LogP contribution >= 0.6 is 0 Å². The van der Waals surface area contributed by atoms with Gasteiger partial charge in [0.1, 0.15) is 0 Å². The molecule has 0 heteroatoms. The molecule has 0 saturated carbocycles. The lowest BCUT2D eigenvalue weighted by Crippen LogP contribution is -2.06. The maximum Gasteiger partial charge on any atom is -0.0235 e. The molecule has 0 nitrogen and oxygen atoms in total. The summed E-state index contributed by atoms with van der Waals surface area (Å²) in [4.78, 5) is 0. The van der Waals surface area contributed by atoms with Crippen molar-refractivity contribution in [3.8, 4) is 0 Å². The van der Waals surface area contributed by atoms with Crippen LogP contribution in [0.15, 0.2) is 37.4 Å². The van der Waals surface area contributed by atoms with E-state index in [9.17, 15) is 0 Å². The van der Waals surface area contributed by atoms with Gasteiger partial charge in [-0.25, -0.2) is 0 Å². The Morgan fingerprint density at radius 2 is 1.30 bits per heavy atom. The van der Waals surface area contributed by atoms with Gasteiger partial charge < -0.3 is 0 Å². The first kappa shape index (κ1) is 7.07. The van der Waals surface area contributed by atoms with E-state index < -0.39 is 0 Å². The van der Waals surface area contributed by atoms with E-state index in [1.54, 1.807) is 11.1 Å². The van der Waals surface area contributed by atoms with Crippen LogP contribution in [0.3, 0.4) is 0 Å². The lowest BCUT2D eigenvalue weighted by Gasteiger charge is -2.16. The van der Waals surface area contributed by atoms with Gasteiger partial charge in [-0.05, 0) is 24.0 Å². The Morgan fingerprint density at radius 1 is 0.900 bits per heavy atom. The normalized spacial score (nSPS) is 12.0. The zero-order valence-electron chi connectivity index (χ0n) is 6.14. The minimum Gasteiger partial charge on any atom is -0.106 e. The third-order valence-corrected chi connectivity index (χ3v) is 1.78. The van der Waals surface area contributed by atoms with Crippen molar-refractivity contribution in [2.45, 2.75) is 12.8 Å². The average molecular weight is 132 g/mol. The maximum absolute atomic E-state index is 3.00. The van der Waals surface area contributed by atoms with E-state index >= 15 is 0 Å². The zero-order chi connectivity index (χ0) is 7.40. The fraction of sp³-hybridized carbons (Fsp3) is 0.200. The molecule has 1 aliphatic carbocycles. The van der Waals surface area contributed by atoms with Crippen LogP contribution in [0.2, 0.25) is 0 Å². The molecule has 1 aliphatic rings. The highest BCUT2D eigenvalue weighted by molar-refractivity contribution is 5.34. The summed E-state index contributed by atoms with van der Waals surface area (Å²) < 4.78 is 0. The highest BCUT2D eigenvalue weighted by Crippen LogP contribution is 2.20. The Bertz CT molecular complexity index is 190. The first-order valence-electron chi connectivity index (χ1n) is 3.53. The van der Waals surface area contributed by atoms with Gasteiger partial charge >= 0.3 is 0 Å². The van der Waals surface area contributed by atoms with Gasteiger partial charge in [0.2, 0.25) is 0 Å². The number of aryl methyl sites for hydroxylation is 2. The fourth-order valence-electron chi connectivity index (χ4n) is 1.14. The van der Waals surface area contributed by atoms with Gasteiger partial charge in [-0.15, -0.1) is 13.2 Å². The quantitative estimate of drug-likeness (QED) is 0.476. The molecule has 52 valence electrons. The SMILES string of the molecule is C=C.c1ccc2c(c1)CC2. The van der Waals surface area contributed by atoms with Crippen LogP contribution in [0.5, 0.6) is 0 Å². The molecule has 0 N–H and O–H groups in total. The van der Waals surface area contributed by atoms with Crippen molar-refractivity contribution in [1.82, 2.24) is 0 Å². The molecule has 1 aromatic rings. The summed E-state index contributed by atoms with van der Waals surface area (Å²) in [5.74, 6) is 0. The Labute approximate surface area is 62.2 Å². The molecule has 0 spiro atoms. The second kappa shape index (κ2) is 3.21. The largest absolute Gasteiger partial charge is 0.106 e. The third kappa shape index (κ3) is 1.10. The molecular formula is C10H12. The van der Waals surface area contributed by atoms with Crippen LogP contribution in [0.4, 0.5) is 0 Å². The van der Waals surface area contributed by atoms with Crippen LogP contribution in [-0.4, -0.2) is 0 Å². The molecule has 2 rings (SSSR count). The van der Waals surface area contributed by atoms with Crippen LogP contribution in [0.25, 0.3) is 0 Å². The predicted molar refractivity (Wildman–Crippen MR) is 45.1 cm³/mol. The van der Waals surface area contributed by atoms with Crippen LogP contribution < -0.4 is 0 Å². The number of rotatable bonds is 0. The minimum absolute atomic E-state index is 1.30. The average Bonchev–Trinajstić information content (AvgIpc) is 1.96. The standard InChI is InChI=1S/C8H8.C2H4/c1-2-4-8-6-5-7(8)3-1;1-2/h1-4H,5-6H2;1-2H2. The van der Waals surface area contributed by atoms with Crippen molar-refractivity contribution in [2.75, 3.05) is 0 Å². The molecule has 0 bridgehead atoms. The van der Waals surface area contributed by atoms with Crippen molar-refractivity contribution >= 4 is 0 Å². The summed E-state index contributed by atoms with van der Waals surface area (Å²) in [6.45, 7) is 6.00. The number of hydrogen-bond donors (Lipinski definition) is 0. The van der Waals surface area contributed by atoms with E-state index in [1.165, 1.54) is 12.8 Å². The Balaban J connectivity index is 0.000000231. The lowest BCUT2D eigenvalue weighted by molar-refractivity contribution is 0.839. The number of benzene rings is 1. The highest BCUT2D eigenvalue weighted by atomic mass is 14.1. The summed E-state index contributed by atoms with van der Waals surface area (Å²) in [5, 5.41) is 0. The summed E-state index contributed by atoms with van der Waals surface area (Å²) in [5.41, 5.74) is 3.10. The molecule has 0 aliphatic heterocycles. The molecular weight excluding hydrogens is 120 g/mol. The van der Waals surface area contributed by atoms with Crippen molar-refractivity contribution in [3.63, 3.8) is 0 Å². The van der Waals surface area contributed by atoms with E-state index in [0.29, 0.717) is 0 Å². The Hall–Kier alpha value is -1.04. The van der Waals surface area contributed by atoms with Gasteiger partial charge in [0.05, 0.1) is 0 Å². The first-order valence-corrected chi connectivity index (χ1v) is 3.53. The zero-order valence-corrected chi connectivity index (χ0v) is 6.14. The molecule has 0 heterocycles. The van der Waals surface area contributed by atoms with Crippen molar-refractivity contribution < 1.29 is 0 Å². The Morgan fingerprint density at radius 3 is 1.50 bits per heavy atom. The maximum atomic E-state index is 3.00. The molecule has 0 aromatic heterocycles. The monoisotopic (exact) mass is 132 g/mol. The van der Waals surface area contributed by atoms with E-state index in [4.69, 9.17) is 0 Å². The molecule has 10 heavy (non-hydrogen) atoms. The molecule has 1 aromatic carbocycles. The minimum atomic E-state index is 1.30. The second-order valence-electron chi connectivity index (χ2n) is 2.27. The van der Waals surface area contributed by atoms with Gasteiger partial charge in [-0.2, -0.15) is 0 Å². The first-order chi connectivity index (χ1) is 4.97. The van der Waals surface area contributed by atoms with Crippen LogP contribution in [0.1, 0.15) is 11.1 Å². The van der Waals surface area contributed by atoms with E-state index in [1.807, 2.05) is 0 Å². The molecule has 0 unspecified atom stereocenters. The summed E-state index contributed by atoms with van der Waals surface area (Å²) >= 11 is 0. The lowest BCUT2D eigenvalue weighted by atomic mass is 9.89. The second-order valence-corrected chi connectivity index (χ2v) is 2.27. The van der Waals surface area contributed by atoms with Gasteiger partial charge in [0.15, 0.2) is 0 Å². The van der Waals surface area contributed by atoms with E-state index in [0.717, 1.165) is 0 Å². The summed E-state index contributed by atoms with van der Waals surface area (Å²) in [6.07, 6.45) is 2.60. The van der Waals surface area contributed by atoms with E-state index in [2.05, 4.69) is 37.4 Å². The van der Waals surface area contributed by atoms with Gasteiger partial charge in [0.25, 0.3) is 0 Å². The van der Waals surface area contributed by atoms with Gasteiger partial charge in [-0.1, -0.05) is 24.3 Å². The van der Waals surface area contributed by atoms with Crippen molar-refractivity contribution in [3.05, 3.63) is 48.6 Å². The van der Waals surface area contributed by atoms with Crippen LogP contribution in [-0.2, 0) is 12.8 Å². The molecule has 0 atom stereocenters. The summed E-state index contributed by atoms with van der Waals surface area (Å²) in [6, 6.07) is 8.63. The molecule has 0 radical (unpaired) electrons. The highest BCUT2D eigenvalue weighted by Gasteiger charge is 2.09. The molecule has 0 amide bonds. The van der Waals surface area contributed by atoms with Gasteiger partial charge in [0, 0.05) is 0 Å². The smallest absolute Gasteiger partial charge is 0.0235 e. The fourth-order valence-corrected chi connectivity index (χ4v) is 1.14. The third-order valence-electron chi connectivity index (χ3n) is 1.78. The Kier molecular flexibility index (Phi) is 2.27. The predicted octanol–water partition coefficient (Wildman–Crippen LogP) is 2.59. The van der Waals surface area contributed by atoms with Crippen LogP contribution in [0, 0.1) is 0 Å². The topological polar surface area (TPSA) is 0 Å². The number of fused-ring (bicyclic) bond motifs is 1. The van der Waals surface area contributed by atoms with Crippen molar-refractivity contribution in [2.24, 2.45) is 0 Å². The molecule has 0 saturated heterocycles. The van der Waals surface area contributed by atoms with Crippen molar-refractivity contribution in [1.29, 1.82) is 0 Å². The van der Waals surface area contributed by atoms with Gasteiger partial charge in [-0.3, -0.25) is 0 Å². The van der Waals surface area contributed by atoms with E-state index in [-0.39, 0.29) is 0 Å².